The van der Waals surface area contributed by atoms with Crippen molar-refractivity contribution in [3.8, 4) is 22.5 Å². The molecule has 11 heteroatoms. The highest BCUT2D eigenvalue weighted by Crippen LogP contribution is 2.30. The van der Waals surface area contributed by atoms with Crippen LogP contribution in [-0.4, -0.2) is 67.7 Å². The van der Waals surface area contributed by atoms with E-state index in [0.717, 1.165) is 53.3 Å². The van der Waals surface area contributed by atoms with Crippen LogP contribution >= 0.6 is 11.8 Å². The van der Waals surface area contributed by atoms with Gasteiger partial charge in [-0.3, -0.25) is 19.2 Å². The number of amides is 1. The van der Waals surface area contributed by atoms with E-state index in [1.807, 2.05) is 62.4 Å². The average molecular weight is 636 g/mol. The molecule has 1 amide bonds. The maximum Gasteiger partial charge on any atom is 0.306 e. The predicted molar refractivity (Wildman–Crippen MR) is 176 cm³/mol. The fourth-order valence-electron chi connectivity index (χ4n) is 5.31. The van der Waals surface area contributed by atoms with Crippen LogP contribution in [0.3, 0.4) is 0 Å². The number of methoxy groups -OCH3 is 1. The van der Waals surface area contributed by atoms with Gasteiger partial charge in [0.25, 0.3) is 0 Å². The summed E-state index contributed by atoms with van der Waals surface area (Å²) in [5, 5.41) is 14.4. The molecule has 0 radical (unpaired) electrons. The number of nitrogens with one attached hydrogen (secondary N) is 1. The number of ketones is 1. The van der Waals surface area contributed by atoms with Crippen LogP contribution in [0.5, 0.6) is 0 Å². The SMILES string of the molecule is CCCCCN(Cc1ccc(-c2ccccc2-c2nn[nH]n2)cc1)C(=O)[C@H](CC(=O)OC)CC(=O)C(CSC(C)=O)CC(C)C. The zero-order valence-electron chi connectivity index (χ0n) is 27.0. The number of H-pyrrole nitrogens is 1. The Morgan fingerprint density at radius 1 is 0.956 bits per heavy atom. The third kappa shape index (κ3) is 11.2. The highest BCUT2D eigenvalue weighted by molar-refractivity contribution is 8.13. The molecule has 3 rings (SSSR count). The molecule has 0 aliphatic rings. The highest BCUT2D eigenvalue weighted by Gasteiger charge is 2.32. The van der Waals surface area contributed by atoms with E-state index in [1.165, 1.54) is 14.0 Å². The maximum absolute atomic E-state index is 14.1. The fraction of sp³-hybridized carbons (Fsp3) is 0.500. The molecule has 3 aromatic rings. The first kappa shape index (κ1) is 35.6. The van der Waals surface area contributed by atoms with Gasteiger partial charge in [-0.15, -0.1) is 10.2 Å². The minimum Gasteiger partial charge on any atom is -0.469 e. The molecule has 0 bridgehead atoms. The number of aromatic nitrogens is 4. The number of ether oxygens (including phenoxy) is 1. The minimum absolute atomic E-state index is 0.0508. The van der Waals surface area contributed by atoms with Crippen molar-refractivity contribution in [1.82, 2.24) is 25.5 Å². The Bertz CT molecular complexity index is 1390. The van der Waals surface area contributed by atoms with Gasteiger partial charge in [0.15, 0.2) is 5.12 Å². The second-order valence-corrected chi connectivity index (χ2v) is 12.9. The summed E-state index contributed by atoms with van der Waals surface area (Å²) < 4.78 is 4.92. The Labute approximate surface area is 270 Å². The van der Waals surface area contributed by atoms with Gasteiger partial charge in [-0.2, -0.15) is 5.21 Å². The first-order valence-corrected chi connectivity index (χ1v) is 16.5. The van der Waals surface area contributed by atoms with Crippen LogP contribution in [0, 0.1) is 17.8 Å². The van der Waals surface area contributed by atoms with Gasteiger partial charge in [0.2, 0.25) is 11.7 Å². The lowest BCUT2D eigenvalue weighted by Gasteiger charge is -2.28. The number of unbranched alkanes of at least 4 members (excludes halogenated alkanes) is 2. The smallest absolute Gasteiger partial charge is 0.306 e. The van der Waals surface area contributed by atoms with E-state index < -0.39 is 11.9 Å². The number of thioether (sulfide) groups is 1. The molecule has 242 valence electrons. The van der Waals surface area contributed by atoms with Gasteiger partial charge in [-0.1, -0.05) is 93.9 Å². The number of aromatic amines is 1. The monoisotopic (exact) mass is 635 g/mol. The lowest BCUT2D eigenvalue weighted by atomic mass is 9.87. The van der Waals surface area contributed by atoms with Crippen molar-refractivity contribution >= 4 is 34.5 Å². The Balaban J connectivity index is 1.84. The van der Waals surface area contributed by atoms with E-state index in [4.69, 9.17) is 4.74 Å². The number of esters is 1. The number of carbonyl (C=O) groups is 4. The summed E-state index contributed by atoms with van der Waals surface area (Å²) in [6, 6.07) is 15.8. The number of rotatable bonds is 18. The molecule has 0 saturated carbocycles. The molecule has 45 heavy (non-hydrogen) atoms. The molecular weight excluding hydrogens is 590 g/mol. The first-order chi connectivity index (χ1) is 21.6. The van der Waals surface area contributed by atoms with E-state index in [1.54, 1.807) is 4.90 Å². The fourth-order valence-corrected chi connectivity index (χ4v) is 6.07. The standard InChI is InChI=1S/C34H45N5O5S/c1-6-7-10-17-39(21-25-13-15-26(16-14-25)29-11-8-9-12-30(29)33-35-37-38-36-33)34(43)27(20-32(42)44-5)19-31(41)28(18-23(2)3)22-45-24(4)40/h8-9,11-16,23,27-28H,6-7,10,17-22H2,1-5H3,(H,35,36,37,38)/t27-,28?/m0/s1. The van der Waals surface area contributed by atoms with Crippen molar-refractivity contribution in [3.05, 3.63) is 54.1 Å². The molecule has 0 aliphatic carbocycles. The Morgan fingerprint density at radius 3 is 2.27 bits per heavy atom. The lowest BCUT2D eigenvalue weighted by Crippen LogP contribution is -2.39. The van der Waals surface area contributed by atoms with Crippen molar-refractivity contribution < 1.29 is 23.9 Å². The Morgan fingerprint density at radius 2 is 1.67 bits per heavy atom. The van der Waals surface area contributed by atoms with Crippen LogP contribution in [0.15, 0.2) is 48.5 Å². The van der Waals surface area contributed by atoms with Crippen LogP contribution in [0.4, 0.5) is 0 Å². The quantitative estimate of drug-likeness (QED) is 0.129. The summed E-state index contributed by atoms with van der Waals surface area (Å²) in [5.41, 5.74) is 3.70. The third-order valence-corrected chi connectivity index (χ3v) is 8.61. The van der Waals surface area contributed by atoms with Gasteiger partial charge >= 0.3 is 5.97 Å². The normalized spacial score (nSPS) is 12.5. The van der Waals surface area contributed by atoms with Crippen molar-refractivity contribution in [2.45, 2.75) is 72.8 Å². The number of carbonyl (C=O) groups excluding carboxylic acids is 4. The van der Waals surface area contributed by atoms with Gasteiger partial charge in [0.1, 0.15) is 5.78 Å². The van der Waals surface area contributed by atoms with E-state index in [2.05, 4.69) is 27.5 Å². The van der Waals surface area contributed by atoms with E-state index in [0.29, 0.717) is 31.1 Å². The van der Waals surface area contributed by atoms with Crippen molar-refractivity contribution in [2.75, 3.05) is 19.4 Å². The van der Waals surface area contributed by atoms with Gasteiger partial charge in [0.05, 0.1) is 19.4 Å². The van der Waals surface area contributed by atoms with E-state index in [9.17, 15) is 19.2 Å². The molecule has 1 N–H and O–H groups in total. The summed E-state index contributed by atoms with van der Waals surface area (Å²) in [7, 11) is 1.29. The average Bonchev–Trinajstić information content (AvgIpc) is 3.57. The summed E-state index contributed by atoms with van der Waals surface area (Å²) in [6.45, 7) is 8.50. The minimum atomic E-state index is -0.843. The van der Waals surface area contributed by atoms with Crippen molar-refractivity contribution in [1.29, 1.82) is 0 Å². The predicted octanol–water partition coefficient (Wildman–Crippen LogP) is 6.13. The summed E-state index contributed by atoms with van der Waals surface area (Å²) in [6.07, 6.45) is 3.12. The Hall–Kier alpha value is -3.86. The molecule has 10 nitrogen and oxygen atoms in total. The maximum atomic E-state index is 14.1. The molecule has 0 saturated heterocycles. The molecular formula is C34H45N5O5S. The van der Waals surface area contributed by atoms with Crippen LogP contribution in [0.2, 0.25) is 0 Å². The lowest BCUT2D eigenvalue weighted by molar-refractivity contribution is -0.148. The zero-order valence-corrected chi connectivity index (χ0v) is 27.8. The number of hydrogen-bond donors (Lipinski definition) is 1. The number of hydrogen-bond acceptors (Lipinski definition) is 9. The topological polar surface area (TPSA) is 135 Å². The van der Waals surface area contributed by atoms with Gasteiger partial charge in [0, 0.05) is 43.7 Å². The Kier molecular flexibility index (Phi) is 14.4. The van der Waals surface area contributed by atoms with Gasteiger partial charge in [-0.05, 0) is 40.7 Å². The van der Waals surface area contributed by atoms with E-state index >= 15 is 0 Å². The number of nitrogens with zero attached hydrogens (tertiary/aromatic N) is 4. The molecule has 2 aromatic carbocycles. The van der Waals surface area contributed by atoms with Gasteiger partial charge in [-0.25, -0.2) is 0 Å². The van der Waals surface area contributed by atoms with Gasteiger partial charge < -0.3 is 9.64 Å². The third-order valence-electron chi connectivity index (χ3n) is 7.63. The summed E-state index contributed by atoms with van der Waals surface area (Å²) in [5.74, 6) is -0.964. The number of benzene rings is 2. The molecule has 2 atom stereocenters. The number of tetrazole rings is 1. The zero-order chi connectivity index (χ0) is 32.8. The largest absolute Gasteiger partial charge is 0.469 e. The molecule has 0 spiro atoms. The number of Topliss-reactive ketones (excluding diaryl/α,β-unsaturated/α-hetero) is 1. The second-order valence-electron chi connectivity index (χ2n) is 11.7. The first-order valence-electron chi connectivity index (χ1n) is 15.6. The van der Waals surface area contributed by atoms with E-state index in [-0.39, 0.29) is 41.5 Å². The van der Waals surface area contributed by atoms with Crippen LogP contribution in [-0.2, 0) is 30.5 Å². The molecule has 1 aromatic heterocycles. The molecule has 1 unspecified atom stereocenters. The van der Waals surface area contributed by atoms with Crippen LogP contribution < -0.4 is 0 Å². The molecule has 1 heterocycles. The van der Waals surface area contributed by atoms with Crippen molar-refractivity contribution in [3.63, 3.8) is 0 Å². The summed E-state index contributed by atoms with van der Waals surface area (Å²) >= 11 is 1.13. The van der Waals surface area contributed by atoms with Crippen LogP contribution in [0.1, 0.15) is 71.8 Å². The molecule has 0 aliphatic heterocycles. The van der Waals surface area contributed by atoms with Crippen molar-refractivity contribution in [2.24, 2.45) is 17.8 Å². The highest BCUT2D eigenvalue weighted by atomic mass is 32.2. The second kappa shape index (κ2) is 18.2. The van der Waals surface area contributed by atoms with Crippen LogP contribution in [0.25, 0.3) is 22.5 Å². The summed E-state index contributed by atoms with van der Waals surface area (Å²) in [4.78, 5) is 53.5. The molecule has 0 fully saturated rings.